The second-order valence-electron chi connectivity index (χ2n) is 4.80. The van der Waals surface area contributed by atoms with Gasteiger partial charge in [0.15, 0.2) is 5.82 Å². The number of anilines is 1. The predicted octanol–water partition coefficient (Wildman–Crippen LogP) is 1.58. The van der Waals surface area contributed by atoms with Crippen LogP contribution in [0.15, 0.2) is 12.1 Å². The van der Waals surface area contributed by atoms with Crippen LogP contribution in [0.4, 0.5) is 14.5 Å². The molecular formula is C13H16F2N2O2. The van der Waals surface area contributed by atoms with E-state index in [1.807, 2.05) is 0 Å². The van der Waals surface area contributed by atoms with Crippen molar-refractivity contribution in [3.8, 4) is 0 Å². The first-order valence-electron chi connectivity index (χ1n) is 6.21. The molecule has 6 heteroatoms. The van der Waals surface area contributed by atoms with E-state index >= 15 is 0 Å². The van der Waals surface area contributed by atoms with Gasteiger partial charge in [-0.2, -0.15) is 0 Å². The van der Waals surface area contributed by atoms with Gasteiger partial charge in [-0.25, -0.2) is 8.78 Å². The molecule has 0 unspecified atom stereocenters. The van der Waals surface area contributed by atoms with Gasteiger partial charge in [0, 0.05) is 6.04 Å². The van der Waals surface area contributed by atoms with Crippen LogP contribution < -0.4 is 11.1 Å². The number of aliphatic hydroxyl groups excluding tert-OH is 1. The summed E-state index contributed by atoms with van der Waals surface area (Å²) in [5, 5.41) is 11.9. The molecule has 0 atom stereocenters. The van der Waals surface area contributed by atoms with Crippen LogP contribution in [0.25, 0.3) is 0 Å². The van der Waals surface area contributed by atoms with Crippen molar-refractivity contribution < 1.29 is 18.7 Å². The van der Waals surface area contributed by atoms with Crippen LogP contribution >= 0.6 is 0 Å². The van der Waals surface area contributed by atoms with Gasteiger partial charge in [-0.1, -0.05) is 0 Å². The first kappa shape index (κ1) is 13.7. The van der Waals surface area contributed by atoms with Crippen LogP contribution in [0.2, 0.25) is 0 Å². The number of nitrogens with two attached hydrogens (primary N) is 1. The number of halogens is 2. The second-order valence-corrected chi connectivity index (χ2v) is 4.80. The lowest BCUT2D eigenvalue weighted by Gasteiger charge is -2.26. The molecule has 0 heterocycles. The molecule has 1 amide bonds. The average Bonchev–Trinajstić information content (AvgIpc) is 2.37. The second kappa shape index (κ2) is 5.52. The van der Waals surface area contributed by atoms with Crippen LogP contribution in [-0.2, 0) is 0 Å². The van der Waals surface area contributed by atoms with Crippen LogP contribution in [0.3, 0.4) is 0 Å². The SMILES string of the molecule is Nc1ccc(F)c(C(=O)NC2CCC(O)CC2)c1F. The Morgan fingerprint density at radius 3 is 2.53 bits per heavy atom. The zero-order valence-corrected chi connectivity index (χ0v) is 10.3. The summed E-state index contributed by atoms with van der Waals surface area (Å²) in [6.45, 7) is 0. The molecule has 1 aliphatic rings. The minimum absolute atomic E-state index is 0.170. The zero-order chi connectivity index (χ0) is 14.0. The number of carbonyl (C=O) groups excluding carboxylic acids is 1. The highest BCUT2D eigenvalue weighted by molar-refractivity contribution is 5.95. The van der Waals surface area contributed by atoms with Crippen molar-refractivity contribution in [3.05, 3.63) is 29.3 Å². The number of amides is 1. The number of hydrogen-bond acceptors (Lipinski definition) is 3. The van der Waals surface area contributed by atoms with Gasteiger partial charge < -0.3 is 16.2 Å². The maximum absolute atomic E-state index is 13.7. The van der Waals surface area contributed by atoms with Crippen LogP contribution in [0.5, 0.6) is 0 Å². The van der Waals surface area contributed by atoms with Gasteiger partial charge in [-0.05, 0) is 37.8 Å². The highest BCUT2D eigenvalue weighted by atomic mass is 19.1. The number of carbonyl (C=O) groups is 1. The largest absolute Gasteiger partial charge is 0.396 e. The van der Waals surface area contributed by atoms with E-state index in [9.17, 15) is 18.7 Å². The van der Waals surface area contributed by atoms with E-state index in [1.165, 1.54) is 0 Å². The molecule has 1 aromatic rings. The summed E-state index contributed by atoms with van der Waals surface area (Å²) in [4.78, 5) is 11.9. The Kier molecular flexibility index (Phi) is 3.99. The van der Waals surface area contributed by atoms with Crippen molar-refractivity contribution in [1.82, 2.24) is 5.32 Å². The monoisotopic (exact) mass is 270 g/mol. The molecular weight excluding hydrogens is 254 g/mol. The summed E-state index contributed by atoms with van der Waals surface area (Å²) < 4.78 is 27.2. The van der Waals surface area contributed by atoms with E-state index < -0.39 is 23.1 Å². The smallest absolute Gasteiger partial charge is 0.257 e. The normalized spacial score (nSPS) is 23.1. The summed E-state index contributed by atoms with van der Waals surface area (Å²) in [7, 11) is 0. The van der Waals surface area contributed by atoms with E-state index in [0.29, 0.717) is 25.7 Å². The highest BCUT2D eigenvalue weighted by Gasteiger charge is 2.25. The number of nitrogen functional groups attached to an aromatic ring is 1. The third kappa shape index (κ3) is 3.01. The van der Waals surface area contributed by atoms with Gasteiger partial charge in [-0.15, -0.1) is 0 Å². The Bertz CT molecular complexity index is 486. The Morgan fingerprint density at radius 1 is 1.26 bits per heavy atom. The molecule has 0 spiro atoms. The number of benzene rings is 1. The van der Waals surface area contributed by atoms with Crippen LogP contribution in [0, 0.1) is 11.6 Å². The molecule has 0 bridgehead atoms. The van der Waals surface area contributed by atoms with E-state index in [0.717, 1.165) is 12.1 Å². The quantitative estimate of drug-likeness (QED) is 0.714. The third-order valence-electron chi connectivity index (χ3n) is 3.38. The standard InChI is InChI=1S/C13H16F2N2O2/c14-9-5-6-10(16)12(15)11(9)13(19)17-7-1-3-8(18)4-2-7/h5-8,18H,1-4,16H2,(H,17,19). The van der Waals surface area contributed by atoms with E-state index in [-0.39, 0.29) is 17.8 Å². The molecule has 19 heavy (non-hydrogen) atoms. The number of rotatable bonds is 2. The predicted molar refractivity (Wildman–Crippen MR) is 66.5 cm³/mol. The molecule has 1 saturated carbocycles. The summed E-state index contributed by atoms with van der Waals surface area (Å²) >= 11 is 0. The fourth-order valence-corrected chi connectivity index (χ4v) is 2.25. The Balaban J connectivity index is 2.10. The van der Waals surface area contributed by atoms with E-state index in [1.54, 1.807) is 0 Å². The Hall–Kier alpha value is -1.69. The van der Waals surface area contributed by atoms with Gasteiger partial charge in [0.25, 0.3) is 5.91 Å². The average molecular weight is 270 g/mol. The van der Waals surface area contributed by atoms with E-state index in [4.69, 9.17) is 5.73 Å². The number of hydrogen-bond donors (Lipinski definition) is 3. The van der Waals surface area contributed by atoms with Gasteiger partial charge in [0.1, 0.15) is 11.4 Å². The molecule has 1 fully saturated rings. The maximum Gasteiger partial charge on any atom is 0.257 e. The lowest BCUT2D eigenvalue weighted by Crippen LogP contribution is -2.39. The molecule has 4 N–H and O–H groups in total. The molecule has 2 rings (SSSR count). The fourth-order valence-electron chi connectivity index (χ4n) is 2.25. The van der Waals surface area contributed by atoms with Crippen molar-refractivity contribution in [1.29, 1.82) is 0 Å². The molecule has 0 aromatic heterocycles. The molecule has 1 aromatic carbocycles. The molecule has 4 nitrogen and oxygen atoms in total. The maximum atomic E-state index is 13.7. The fraction of sp³-hybridized carbons (Fsp3) is 0.462. The minimum atomic E-state index is -1.03. The van der Waals surface area contributed by atoms with E-state index in [2.05, 4.69) is 5.32 Å². The molecule has 0 saturated heterocycles. The zero-order valence-electron chi connectivity index (χ0n) is 10.3. The minimum Gasteiger partial charge on any atom is -0.396 e. The highest BCUT2D eigenvalue weighted by Crippen LogP contribution is 2.21. The first-order chi connectivity index (χ1) is 8.99. The van der Waals surface area contributed by atoms with Gasteiger partial charge in [-0.3, -0.25) is 4.79 Å². The van der Waals surface area contributed by atoms with Crippen LogP contribution in [0.1, 0.15) is 36.0 Å². The summed E-state index contributed by atoms with van der Waals surface area (Å²) in [6, 6.07) is 1.88. The molecule has 0 aliphatic heterocycles. The topological polar surface area (TPSA) is 75.4 Å². The number of aliphatic hydroxyl groups is 1. The van der Waals surface area contributed by atoms with Gasteiger partial charge in [0.05, 0.1) is 11.8 Å². The third-order valence-corrected chi connectivity index (χ3v) is 3.38. The van der Waals surface area contributed by atoms with Gasteiger partial charge >= 0.3 is 0 Å². The summed E-state index contributed by atoms with van der Waals surface area (Å²) in [5.41, 5.74) is 4.42. The first-order valence-corrected chi connectivity index (χ1v) is 6.21. The lowest BCUT2D eigenvalue weighted by molar-refractivity contribution is 0.0860. The Morgan fingerprint density at radius 2 is 1.89 bits per heavy atom. The lowest BCUT2D eigenvalue weighted by atomic mass is 9.93. The van der Waals surface area contributed by atoms with Crippen molar-refractivity contribution in [3.63, 3.8) is 0 Å². The summed E-state index contributed by atoms with van der Waals surface area (Å²) in [6.07, 6.45) is 1.99. The van der Waals surface area contributed by atoms with Gasteiger partial charge in [0.2, 0.25) is 0 Å². The molecule has 0 radical (unpaired) electrons. The van der Waals surface area contributed by atoms with Crippen LogP contribution in [-0.4, -0.2) is 23.2 Å². The van der Waals surface area contributed by atoms with Crippen molar-refractivity contribution in [2.45, 2.75) is 37.8 Å². The number of nitrogens with one attached hydrogen (secondary N) is 1. The van der Waals surface area contributed by atoms with Crippen molar-refractivity contribution in [2.24, 2.45) is 0 Å². The Labute approximate surface area is 109 Å². The molecule has 104 valence electrons. The van der Waals surface area contributed by atoms with Crippen molar-refractivity contribution >= 4 is 11.6 Å². The molecule has 1 aliphatic carbocycles. The van der Waals surface area contributed by atoms with Crippen molar-refractivity contribution in [2.75, 3.05) is 5.73 Å². The summed E-state index contributed by atoms with van der Waals surface area (Å²) in [5.74, 6) is -2.77.